The molecule has 2 heterocycles. The van der Waals surface area contributed by atoms with Crippen molar-refractivity contribution in [2.75, 3.05) is 0 Å². The molecule has 0 bridgehead atoms. The quantitative estimate of drug-likeness (QED) is 0.653. The summed E-state index contributed by atoms with van der Waals surface area (Å²) in [6.07, 6.45) is -6.35. The summed E-state index contributed by atoms with van der Waals surface area (Å²) in [5, 5.41) is 16.2. The lowest BCUT2D eigenvalue weighted by molar-refractivity contribution is -0.143. The molecule has 7 nitrogen and oxygen atoms in total. The maximum absolute atomic E-state index is 13.0. The Hall–Kier alpha value is -3.51. The number of hydrogen-bond acceptors (Lipinski definition) is 5. The van der Waals surface area contributed by atoms with Gasteiger partial charge in [0.15, 0.2) is 5.69 Å². The number of carboxylic acid groups (broad SMARTS) is 1. The highest BCUT2D eigenvalue weighted by Gasteiger charge is 2.37. The second-order valence-corrected chi connectivity index (χ2v) is 5.75. The third-order valence-electron chi connectivity index (χ3n) is 3.72. The lowest BCUT2D eigenvalue weighted by Crippen LogP contribution is -2.13. The van der Waals surface area contributed by atoms with Crippen LogP contribution in [-0.2, 0) is 18.9 Å². The molecule has 0 amide bonds. The zero-order valence-electron chi connectivity index (χ0n) is 14.0. The third kappa shape index (κ3) is 4.33. The molecule has 0 aliphatic carbocycles. The van der Waals surface area contributed by atoms with Crippen molar-refractivity contribution in [3.05, 3.63) is 59.2 Å². The molecule has 29 heavy (non-hydrogen) atoms. The number of aromatic carboxylic acids is 1. The van der Waals surface area contributed by atoms with Gasteiger partial charge in [0.05, 0.1) is 23.9 Å². The summed E-state index contributed by atoms with van der Waals surface area (Å²) in [6.45, 7) is -0.612. The molecule has 13 heteroatoms. The normalized spacial score (nSPS) is 12.2. The van der Waals surface area contributed by atoms with Crippen molar-refractivity contribution in [2.45, 2.75) is 18.9 Å². The Labute approximate surface area is 157 Å². The minimum atomic E-state index is -5.02. The molecular formula is C16H9F6N5O2. The Kier molecular flexibility index (Phi) is 4.98. The highest BCUT2D eigenvalue weighted by Crippen LogP contribution is 2.36. The summed E-state index contributed by atoms with van der Waals surface area (Å²) in [4.78, 5) is 19.0. The largest absolute Gasteiger partial charge is 0.476 e. The maximum atomic E-state index is 13.0. The molecule has 2 aromatic heterocycles. The fourth-order valence-corrected chi connectivity index (χ4v) is 2.53. The van der Waals surface area contributed by atoms with E-state index in [1.165, 1.54) is 12.4 Å². The van der Waals surface area contributed by atoms with E-state index in [9.17, 15) is 36.2 Å². The van der Waals surface area contributed by atoms with Crippen LogP contribution in [0.25, 0.3) is 11.4 Å². The molecule has 0 aliphatic rings. The van der Waals surface area contributed by atoms with Gasteiger partial charge in [-0.2, -0.15) is 26.3 Å². The summed E-state index contributed by atoms with van der Waals surface area (Å²) in [7, 11) is 0. The lowest BCUT2D eigenvalue weighted by atomic mass is 10.0. The van der Waals surface area contributed by atoms with Crippen molar-refractivity contribution in [1.29, 1.82) is 0 Å². The van der Waals surface area contributed by atoms with Gasteiger partial charge in [-0.25, -0.2) is 9.48 Å². The van der Waals surface area contributed by atoms with Gasteiger partial charge in [0.25, 0.3) is 0 Å². The number of nitrogens with zero attached hydrogens (tertiary/aromatic N) is 5. The van der Waals surface area contributed by atoms with Gasteiger partial charge in [-0.15, -0.1) is 5.10 Å². The van der Waals surface area contributed by atoms with E-state index in [0.717, 1.165) is 10.9 Å². The van der Waals surface area contributed by atoms with E-state index >= 15 is 0 Å². The van der Waals surface area contributed by atoms with Crippen molar-refractivity contribution in [3.8, 4) is 11.4 Å². The van der Waals surface area contributed by atoms with E-state index in [1.54, 1.807) is 0 Å². The standard InChI is InChI=1S/C16H9F6N5O2/c17-15(18,19)9-3-8(4-10(5-9)16(20,21)22)7-27-13(11-6-23-1-2-24-11)12(14(28)29)25-26-27/h1-6H,7H2,(H,28,29). The fourth-order valence-electron chi connectivity index (χ4n) is 2.53. The molecule has 0 atom stereocenters. The van der Waals surface area contributed by atoms with Crippen LogP contribution in [0.1, 0.15) is 27.2 Å². The Balaban J connectivity index is 2.12. The summed E-state index contributed by atoms with van der Waals surface area (Å²) in [5.74, 6) is -1.50. The Morgan fingerprint density at radius 3 is 2.10 bits per heavy atom. The Morgan fingerprint density at radius 2 is 1.62 bits per heavy atom. The molecule has 3 rings (SSSR count). The SMILES string of the molecule is O=C(O)c1nnn(Cc2cc(C(F)(F)F)cc(C(F)(F)F)c2)c1-c1cnccn1. The molecule has 0 saturated carbocycles. The van der Waals surface area contributed by atoms with E-state index in [-0.39, 0.29) is 17.5 Å². The van der Waals surface area contributed by atoms with Crippen LogP contribution in [0.4, 0.5) is 26.3 Å². The highest BCUT2D eigenvalue weighted by molar-refractivity contribution is 5.91. The van der Waals surface area contributed by atoms with E-state index in [0.29, 0.717) is 12.1 Å². The van der Waals surface area contributed by atoms with E-state index in [2.05, 4.69) is 20.3 Å². The Morgan fingerprint density at radius 1 is 1.00 bits per heavy atom. The number of rotatable bonds is 4. The van der Waals surface area contributed by atoms with Gasteiger partial charge in [0.2, 0.25) is 0 Å². The van der Waals surface area contributed by atoms with E-state index < -0.39 is 47.3 Å². The fraction of sp³-hybridized carbons (Fsp3) is 0.188. The van der Waals surface area contributed by atoms with Crippen LogP contribution >= 0.6 is 0 Å². The van der Waals surface area contributed by atoms with Crippen LogP contribution in [0, 0.1) is 0 Å². The molecule has 0 radical (unpaired) electrons. The first-order valence-electron chi connectivity index (χ1n) is 7.68. The molecule has 1 aromatic carbocycles. The number of alkyl halides is 6. The third-order valence-corrected chi connectivity index (χ3v) is 3.72. The number of carbonyl (C=O) groups is 1. The van der Waals surface area contributed by atoms with Gasteiger partial charge < -0.3 is 5.11 Å². The number of aromatic nitrogens is 5. The number of carboxylic acids is 1. The van der Waals surface area contributed by atoms with Crippen LogP contribution < -0.4 is 0 Å². The molecule has 0 fully saturated rings. The molecular weight excluding hydrogens is 408 g/mol. The molecule has 152 valence electrons. The molecule has 1 N–H and O–H groups in total. The maximum Gasteiger partial charge on any atom is 0.416 e. The highest BCUT2D eigenvalue weighted by atomic mass is 19.4. The van der Waals surface area contributed by atoms with Crippen molar-refractivity contribution < 1.29 is 36.2 Å². The zero-order valence-corrected chi connectivity index (χ0v) is 14.0. The van der Waals surface area contributed by atoms with Crippen molar-refractivity contribution in [2.24, 2.45) is 0 Å². The van der Waals surface area contributed by atoms with Crippen molar-refractivity contribution in [3.63, 3.8) is 0 Å². The first kappa shape index (κ1) is 20.2. The average Bonchev–Trinajstić information content (AvgIpc) is 3.04. The van der Waals surface area contributed by atoms with Crippen LogP contribution in [0.15, 0.2) is 36.8 Å². The first-order valence-corrected chi connectivity index (χ1v) is 7.68. The van der Waals surface area contributed by atoms with E-state index in [4.69, 9.17) is 0 Å². The lowest BCUT2D eigenvalue weighted by Gasteiger charge is -2.14. The molecule has 0 spiro atoms. The van der Waals surface area contributed by atoms with Crippen molar-refractivity contribution in [1.82, 2.24) is 25.0 Å². The van der Waals surface area contributed by atoms with Crippen LogP contribution in [0.2, 0.25) is 0 Å². The second-order valence-electron chi connectivity index (χ2n) is 5.75. The average molecular weight is 417 g/mol. The summed E-state index contributed by atoms with van der Waals surface area (Å²) < 4.78 is 79.0. The van der Waals surface area contributed by atoms with Gasteiger partial charge in [-0.05, 0) is 23.8 Å². The van der Waals surface area contributed by atoms with Crippen LogP contribution in [0.5, 0.6) is 0 Å². The van der Waals surface area contributed by atoms with Gasteiger partial charge >= 0.3 is 18.3 Å². The van der Waals surface area contributed by atoms with Crippen molar-refractivity contribution >= 4 is 5.97 Å². The summed E-state index contributed by atoms with van der Waals surface area (Å²) in [6, 6.07) is 1.05. The van der Waals surface area contributed by atoms with Crippen LogP contribution in [0.3, 0.4) is 0 Å². The second kappa shape index (κ2) is 7.14. The molecule has 0 unspecified atom stereocenters. The monoisotopic (exact) mass is 417 g/mol. The Bertz CT molecular complexity index is 1010. The van der Waals surface area contributed by atoms with Gasteiger partial charge in [-0.3, -0.25) is 9.97 Å². The smallest absolute Gasteiger partial charge is 0.416 e. The predicted octanol–water partition coefficient (Wildman–Crippen LogP) is 3.52. The summed E-state index contributed by atoms with van der Waals surface area (Å²) >= 11 is 0. The van der Waals surface area contributed by atoms with Gasteiger partial charge in [0.1, 0.15) is 11.4 Å². The van der Waals surface area contributed by atoms with Crippen LogP contribution in [-0.4, -0.2) is 36.0 Å². The van der Waals surface area contributed by atoms with E-state index in [1.807, 2.05) is 0 Å². The first-order chi connectivity index (χ1) is 13.5. The number of halogens is 6. The minimum Gasteiger partial charge on any atom is -0.476 e. The summed E-state index contributed by atoms with van der Waals surface area (Å²) in [5.41, 5.74) is -4.20. The molecule has 0 saturated heterocycles. The molecule has 0 aliphatic heterocycles. The number of hydrogen-bond donors (Lipinski definition) is 1. The van der Waals surface area contributed by atoms with Gasteiger partial charge in [-0.1, -0.05) is 5.21 Å². The van der Waals surface area contributed by atoms with Gasteiger partial charge in [0, 0.05) is 12.4 Å². The molecule has 3 aromatic rings. The zero-order chi connectivity index (χ0) is 21.4. The topological polar surface area (TPSA) is 93.8 Å². The number of benzene rings is 1. The predicted molar refractivity (Wildman–Crippen MR) is 83.6 cm³/mol. The minimum absolute atomic E-state index is 0.00288.